The molecule has 9 heteroatoms. The lowest BCUT2D eigenvalue weighted by molar-refractivity contribution is -0.137. The van der Waals surface area contributed by atoms with Gasteiger partial charge in [0.2, 0.25) is 5.91 Å². The first-order valence-electron chi connectivity index (χ1n) is 6.48. The molecule has 23 heavy (non-hydrogen) atoms. The van der Waals surface area contributed by atoms with E-state index in [-0.39, 0.29) is 28.0 Å². The first-order chi connectivity index (χ1) is 10.8. The lowest BCUT2D eigenvalue weighted by Crippen LogP contribution is -2.44. The summed E-state index contributed by atoms with van der Waals surface area (Å²) in [5.41, 5.74) is -0.578. The van der Waals surface area contributed by atoms with Gasteiger partial charge in [-0.2, -0.15) is 23.5 Å². The maximum absolute atomic E-state index is 12.7. The van der Waals surface area contributed by atoms with Gasteiger partial charge in [-0.1, -0.05) is 11.6 Å². The highest BCUT2D eigenvalue weighted by Crippen LogP contribution is 2.35. The van der Waals surface area contributed by atoms with Crippen LogP contribution in [0.3, 0.4) is 0 Å². The molecule has 2 heterocycles. The van der Waals surface area contributed by atoms with Crippen molar-refractivity contribution < 1.29 is 18.0 Å². The van der Waals surface area contributed by atoms with Gasteiger partial charge < -0.3 is 0 Å². The fraction of sp³-hybridized carbons (Fsp3) is 0.214. The molecule has 1 aliphatic heterocycles. The summed E-state index contributed by atoms with van der Waals surface area (Å²) in [5, 5.41) is 12.9. The van der Waals surface area contributed by atoms with Crippen LogP contribution in [0.2, 0.25) is 5.02 Å². The lowest BCUT2D eigenvalue weighted by atomic mass is 10.1. The van der Waals surface area contributed by atoms with Gasteiger partial charge >= 0.3 is 6.18 Å². The third kappa shape index (κ3) is 2.53. The topological polar surface area (TPSA) is 61.9 Å². The molecule has 118 valence electrons. The van der Waals surface area contributed by atoms with Gasteiger partial charge in [-0.05, 0) is 18.2 Å². The highest BCUT2D eigenvalue weighted by atomic mass is 35.5. The van der Waals surface area contributed by atoms with Crippen molar-refractivity contribution in [2.24, 2.45) is 0 Å². The highest BCUT2D eigenvalue weighted by molar-refractivity contribution is 6.32. The maximum atomic E-state index is 12.7. The van der Waals surface area contributed by atoms with Crippen molar-refractivity contribution in [3.63, 3.8) is 0 Å². The minimum Gasteiger partial charge on any atom is -0.295 e. The molecule has 0 unspecified atom stereocenters. The van der Waals surface area contributed by atoms with E-state index in [4.69, 9.17) is 16.9 Å². The Hall–Kier alpha value is -2.53. The molecule has 3 rings (SSSR count). The van der Waals surface area contributed by atoms with Crippen molar-refractivity contribution in [3.8, 4) is 11.8 Å². The van der Waals surface area contributed by atoms with Gasteiger partial charge in [0.05, 0.1) is 22.5 Å². The van der Waals surface area contributed by atoms with Gasteiger partial charge in [-0.15, -0.1) is 0 Å². The summed E-state index contributed by atoms with van der Waals surface area (Å²) in [6.45, 7) is 0.414. The average molecular weight is 341 g/mol. The quantitative estimate of drug-likeness (QED) is 0.789. The van der Waals surface area contributed by atoms with Crippen LogP contribution in [-0.2, 0) is 11.0 Å². The Bertz CT molecular complexity index is 838. The van der Waals surface area contributed by atoms with E-state index < -0.39 is 11.7 Å². The third-order valence-corrected chi connectivity index (χ3v) is 3.78. The molecular formula is C14H8ClF3N4O. The fourth-order valence-corrected chi connectivity index (χ4v) is 2.51. The van der Waals surface area contributed by atoms with Crippen molar-refractivity contribution >= 4 is 23.3 Å². The first-order valence-corrected chi connectivity index (χ1v) is 6.86. The number of alkyl halides is 3. The average Bonchev–Trinajstić information content (AvgIpc) is 2.88. The number of hydrogen-bond acceptors (Lipinski definition) is 3. The molecule has 0 bridgehead atoms. The van der Waals surface area contributed by atoms with Gasteiger partial charge in [0.25, 0.3) is 0 Å². The van der Waals surface area contributed by atoms with E-state index in [1.807, 2.05) is 6.07 Å². The second kappa shape index (κ2) is 5.28. The molecule has 1 aromatic carbocycles. The number of hydrogen-bond donors (Lipinski definition) is 0. The van der Waals surface area contributed by atoms with E-state index >= 15 is 0 Å². The van der Waals surface area contributed by atoms with Crippen LogP contribution in [0.15, 0.2) is 24.4 Å². The number of β-lactam (4-membered cyclic amide) rings is 1. The molecule has 0 saturated carbocycles. The summed E-state index contributed by atoms with van der Waals surface area (Å²) < 4.78 is 39.3. The number of aromatic nitrogens is 2. The zero-order valence-corrected chi connectivity index (χ0v) is 12.2. The van der Waals surface area contributed by atoms with E-state index in [1.54, 1.807) is 0 Å². The monoisotopic (exact) mass is 340 g/mol. The third-order valence-electron chi connectivity index (χ3n) is 3.47. The number of amides is 1. The van der Waals surface area contributed by atoms with Crippen molar-refractivity contribution in [2.45, 2.75) is 12.6 Å². The predicted molar refractivity (Wildman–Crippen MR) is 75.3 cm³/mol. The lowest BCUT2D eigenvalue weighted by Gasteiger charge is -2.31. The van der Waals surface area contributed by atoms with E-state index in [9.17, 15) is 18.0 Å². The van der Waals surface area contributed by atoms with Crippen LogP contribution in [0.5, 0.6) is 0 Å². The number of carbonyl (C=O) groups excluding carboxylic acids is 1. The van der Waals surface area contributed by atoms with Gasteiger partial charge in [-0.3, -0.25) is 9.69 Å². The van der Waals surface area contributed by atoms with Crippen LogP contribution in [0.25, 0.3) is 5.69 Å². The number of nitrogens with zero attached hydrogens (tertiary/aromatic N) is 4. The summed E-state index contributed by atoms with van der Waals surface area (Å²) in [4.78, 5) is 13.0. The van der Waals surface area contributed by atoms with Gasteiger partial charge in [0.1, 0.15) is 11.6 Å². The molecule has 5 nitrogen and oxygen atoms in total. The SMILES string of the molecule is N#Cc1cnn(-c2ccc(C(F)(F)F)cc2Cl)c1N1CCC1=O. The van der Waals surface area contributed by atoms with Crippen molar-refractivity contribution in [2.75, 3.05) is 11.4 Å². The minimum atomic E-state index is -4.51. The summed E-state index contributed by atoms with van der Waals surface area (Å²) >= 11 is 5.95. The van der Waals surface area contributed by atoms with Crippen molar-refractivity contribution in [1.82, 2.24) is 9.78 Å². The molecule has 2 aromatic rings. The number of halogens is 4. The second-order valence-electron chi connectivity index (χ2n) is 4.86. The van der Waals surface area contributed by atoms with Crippen LogP contribution in [0.4, 0.5) is 19.0 Å². The van der Waals surface area contributed by atoms with Crippen LogP contribution in [0, 0.1) is 11.3 Å². The fourth-order valence-electron chi connectivity index (χ4n) is 2.25. The van der Waals surface area contributed by atoms with Crippen LogP contribution >= 0.6 is 11.6 Å². The smallest absolute Gasteiger partial charge is 0.295 e. The van der Waals surface area contributed by atoms with E-state index in [2.05, 4.69) is 5.10 Å². The molecule has 1 saturated heterocycles. The van der Waals surface area contributed by atoms with Crippen LogP contribution in [0.1, 0.15) is 17.5 Å². The Morgan fingerprint density at radius 1 is 1.35 bits per heavy atom. The molecule has 0 spiro atoms. The molecular weight excluding hydrogens is 333 g/mol. The molecule has 0 radical (unpaired) electrons. The van der Waals surface area contributed by atoms with E-state index in [0.717, 1.165) is 18.2 Å². The Morgan fingerprint density at radius 2 is 2.09 bits per heavy atom. The zero-order chi connectivity index (χ0) is 16.8. The number of benzene rings is 1. The van der Waals surface area contributed by atoms with Crippen LogP contribution < -0.4 is 4.90 Å². The standard InChI is InChI=1S/C14H8ClF3N4O/c15-10-5-9(14(16,17)18)1-2-11(10)22-13(8(6-19)7-20-22)21-4-3-12(21)23/h1-2,5,7H,3-4H2. The molecule has 1 fully saturated rings. The normalized spacial score (nSPS) is 14.6. The number of carbonyl (C=O) groups is 1. The molecule has 0 N–H and O–H groups in total. The largest absolute Gasteiger partial charge is 0.416 e. The number of nitriles is 1. The summed E-state index contributed by atoms with van der Waals surface area (Å²) in [6, 6.07) is 4.73. The first kappa shape index (κ1) is 15.4. The Balaban J connectivity index is 2.11. The van der Waals surface area contributed by atoms with Crippen molar-refractivity contribution in [3.05, 3.63) is 40.5 Å². The molecule has 1 aromatic heterocycles. The molecule has 0 atom stereocenters. The Kier molecular flexibility index (Phi) is 3.53. The highest BCUT2D eigenvalue weighted by Gasteiger charge is 2.33. The van der Waals surface area contributed by atoms with Gasteiger partial charge in [0.15, 0.2) is 5.82 Å². The summed E-state index contributed by atoms with van der Waals surface area (Å²) in [6.07, 6.45) is -2.92. The second-order valence-corrected chi connectivity index (χ2v) is 5.27. The number of anilines is 1. The van der Waals surface area contributed by atoms with Crippen molar-refractivity contribution in [1.29, 1.82) is 5.26 Å². The van der Waals surface area contributed by atoms with E-state index in [1.165, 1.54) is 15.8 Å². The Labute approximate surface area is 133 Å². The van der Waals surface area contributed by atoms with Gasteiger partial charge in [0, 0.05) is 13.0 Å². The number of rotatable bonds is 2. The predicted octanol–water partition coefficient (Wildman–Crippen LogP) is 3.15. The summed E-state index contributed by atoms with van der Waals surface area (Å²) in [5.74, 6) is 0.0247. The van der Waals surface area contributed by atoms with E-state index in [0.29, 0.717) is 13.0 Å². The molecule has 1 aliphatic rings. The molecule has 0 aliphatic carbocycles. The summed E-state index contributed by atoms with van der Waals surface area (Å²) in [7, 11) is 0. The molecule has 1 amide bonds. The maximum Gasteiger partial charge on any atom is 0.416 e. The van der Waals surface area contributed by atoms with Crippen LogP contribution in [-0.4, -0.2) is 22.2 Å². The zero-order valence-electron chi connectivity index (χ0n) is 11.4. The van der Waals surface area contributed by atoms with Gasteiger partial charge in [-0.25, -0.2) is 4.68 Å². The Morgan fingerprint density at radius 3 is 2.57 bits per heavy atom. The minimum absolute atomic E-state index is 0.147.